The van der Waals surface area contributed by atoms with Crippen LogP contribution in [0.4, 0.5) is 4.79 Å². The number of amides is 5. The lowest BCUT2D eigenvalue weighted by Crippen LogP contribution is -2.61. The summed E-state index contributed by atoms with van der Waals surface area (Å²) < 4.78 is 102. The molecular formula is C85H123N7O27. The number of aliphatic hydroxyl groups is 1. The van der Waals surface area contributed by atoms with E-state index < -0.39 is 96.0 Å². The summed E-state index contributed by atoms with van der Waals surface area (Å²) in [6.07, 6.45) is 3.73. The molecule has 34 heteroatoms. The molecule has 2 aromatic rings. The van der Waals surface area contributed by atoms with Gasteiger partial charge >= 0.3 is 18.0 Å². The standard InChI is InChI=1S/C85H123N7O27/c1-50(2)63(42-58(94)22-27-104-30-33-107-35-32-106-29-26-91-47-56(89-90-91)49-109-37-36-108-34-31-105-28-23-76(100)119-92-73(97)18-19-74(92)98)83(101)88-65(8-7-25-87-84(86)102)66(96)40-54-9-11-55(12-10-54)48-110-75(99)20-13-57(93)44-71-77(103-6)64-43-59(95)41-61-15-17-68-78(113-61)82-81-80(115-68)79-72(116-81)46-85(117-79,118-82)24-21-62-39-52(4)67(111-62)16-14-60-38-51(3)53(5)69(112-60)45-70(64)114-71/h9-12,47,50-51,57,60-65,67-72,77-82,93H,4-5,7-8,13-46,48-49H2,1-3,6H3,(H,88,101)(H3,86,87,102)/t51-,57-,60?,61-,62+,63+,64?,65+,67+,68+,69-,70+,71-,72?,77-,78+,79+,80+,81-,82+,85+/m1/s1. The van der Waals surface area contributed by atoms with Gasteiger partial charge in [0.1, 0.15) is 54.4 Å². The van der Waals surface area contributed by atoms with E-state index in [-0.39, 0.29) is 227 Å². The predicted octanol–water partition coefficient (Wildman–Crippen LogP) is 5.56. The molecule has 3 unspecified atom stereocenters. The maximum Gasteiger partial charge on any atom is 0.335 e. The van der Waals surface area contributed by atoms with Gasteiger partial charge < -0.3 is 102 Å². The average Bonchev–Trinajstić information content (AvgIpc) is 1.55. The Hall–Kier alpha value is -6.97. The highest BCUT2D eigenvalue weighted by Gasteiger charge is 2.69. The third-order valence-electron chi connectivity index (χ3n) is 24.4. The highest BCUT2D eigenvalue weighted by Crippen LogP contribution is 2.55. The van der Waals surface area contributed by atoms with Crippen LogP contribution < -0.4 is 16.4 Å². The Morgan fingerprint density at radius 2 is 1.34 bits per heavy atom. The van der Waals surface area contributed by atoms with Crippen molar-refractivity contribution in [3.63, 3.8) is 0 Å². The molecule has 1 aromatic carbocycles. The second kappa shape index (κ2) is 44.4. The summed E-state index contributed by atoms with van der Waals surface area (Å²) in [5, 5.41) is 25.8. The number of imide groups is 1. The number of carbonyl (C=O) groups is 9. The van der Waals surface area contributed by atoms with Crippen molar-refractivity contribution in [2.24, 2.45) is 29.4 Å². The average molecular weight is 1670 g/mol. The maximum atomic E-state index is 14.6. The van der Waals surface area contributed by atoms with E-state index in [4.69, 9.17) is 86.4 Å². The van der Waals surface area contributed by atoms with Crippen LogP contribution in [-0.2, 0) is 145 Å². The molecule has 0 radical (unpaired) electrons. The van der Waals surface area contributed by atoms with Gasteiger partial charge in [0, 0.05) is 103 Å². The maximum absolute atomic E-state index is 14.6. The molecule has 1 aromatic heterocycles. The van der Waals surface area contributed by atoms with Gasteiger partial charge in [0.25, 0.3) is 11.8 Å². The van der Waals surface area contributed by atoms with Crippen LogP contribution in [-0.4, -0.2) is 274 Å². The van der Waals surface area contributed by atoms with Gasteiger partial charge in [-0.1, -0.05) is 63.4 Å². The molecule has 0 aliphatic carbocycles. The van der Waals surface area contributed by atoms with Crippen LogP contribution in [0.2, 0.25) is 0 Å². The van der Waals surface area contributed by atoms with E-state index in [0.29, 0.717) is 100.0 Å². The molecule has 11 aliphatic heterocycles. The van der Waals surface area contributed by atoms with Crippen LogP contribution in [0, 0.1) is 23.7 Å². The third-order valence-corrected chi connectivity index (χ3v) is 24.4. The molecular weight excluding hydrogens is 1550 g/mol. The number of nitrogens with two attached hydrogens (primary N) is 1. The van der Waals surface area contributed by atoms with Gasteiger partial charge in [-0.25, -0.2) is 14.3 Å². The molecule has 11 aliphatic rings. The normalized spacial score (nSPS) is 30.6. The summed E-state index contributed by atoms with van der Waals surface area (Å²) >= 11 is 0. The summed E-state index contributed by atoms with van der Waals surface area (Å²) in [4.78, 5) is 121. The smallest absolute Gasteiger partial charge is 0.335 e. The number of carbonyl (C=O) groups excluding carboxylic acids is 9. The lowest BCUT2D eigenvalue weighted by molar-refractivity contribution is -0.292. The van der Waals surface area contributed by atoms with Crippen molar-refractivity contribution >= 4 is 53.0 Å². The van der Waals surface area contributed by atoms with Crippen molar-refractivity contribution in [1.29, 1.82) is 0 Å². The fraction of sp³-hybridized carbons (Fsp3) is 0.753. The monoisotopic (exact) mass is 1670 g/mol. The Kier molecular flexibility index (Phi) is 34.0. The Morgan fingerprint density at radius 1 is 0.672 bits per heavy atom. The van der Waals surface area contributed by atoms with E-state index >= 15 is 0 Å². The molecule has 34 nitrogen and oxygen atoms in total. The van der Waals surface area contributed by atoms with Crippen LogP contribution in [0.1, 0.15) is 179 Å². The number of methoxy groups -OCH3 is 1. The molecule has 5 amide bonds. The molecule has 12 bridgehead atoms. The summed E-state index contributed by atoms with van der Waals surface area (Å²) in [5.74, 6) is -5.35. The Labute approximate surface area is 694 Å². The van der Waals surface area contributed by atoms with Crippen molar-refractivity contribution in [2.75, 3.05) is 86.3 Å². The molecule has 0 saturated carbocycles. The number of hydrogen-bond acceptors (Lipinski definition) is 29. The molecule has 21 atom stereocenters. The Balaban J connectivity index is 0.534. The number of Topliss-reactive ketones (excluding diaryl/α,β-unsaturated/α-hetero) is 3. The minimum Gasteiger partial charge on any atom is -0.461 e. The number of primary amides is 1. The van der Waals surface area contributed by atoms with Crippen LogP contribution in [0.15, 0.2) is 54.8 Å². The van der Waals surface area contributed by atoms with Crippen LogP contribution >= 0.6 is 0 Å². The topological polar surface area (TPSA) is 415 Å². The molecule has 5 N–H and O–H groups in total. The lowest BCUT2D eigenvalue weighted by atomic mass is 9.81. The molecule has 660 valence electrons. The summed E-state index contributed by atoms with van der Waals surface area (Å²) in [6, 6.07) is 5.30. The van der Waals surface area contributed by atoms with Crippen LogP contribution in [0.5, 0.6) is 0 Å². The number of urea groups is 1. The SMILES string of the molecule is C=C1C[C@@H]2CC[C@@]34CC5O[C@H]6[C@@H](O3)[C@H]3O[C@H](CC[C@@H]3O[C@H]6[C@H]5O4)CC(=O)CC3[C@H](C[C@H]4OC(CC[C@@H]1O2)C[C@@H](C)C4=C)O[C@H](C[C@H](O)CCC(=O)OCc1ccc(CC(=O)[C@H](CCCNC(N)=O)NC(=O)[C@@H](CC(=O)CCOCCOCCOCCn2cc(COCCOCCOCCC(=O)ON4C(=O)CCC4=O)nn2)C(C)C)cc1)[C@@H]3OC. The number of nitrogens with one attached hydrogen (secondary N) is 2. The minimum atomic E-state index is -0.991. The third kappa shape index (κ3) is 25.8. The number of ether oxygens (including phenoxy) is 16. The number of rotatable bonds is 44. The van der Waals surface area contributed by atoms with Crippen molar-refractivity contribution in [2.45, 2.75) is 298 Å². The quantitative estimate of drug-likeness (QED) is 0.0273. The van der Waals surface area contributed by atoms with Gasteiger partial charge in [0.2, 0.25) is 5.91 Å². The molecule has 11 saturated heterocycles. The molecule has 12 heterocycles. The van der Waals surface area contributed by atoms with Crippen molar-refractivity contribution < 1.29 is 129 Å². The number of fused-ring (bicyclic) bond motifs is 6. The van der Waals surface area contributed by atoms with Gasteiger partial charge in [0.05, 0.1) is 172 Å². The number of hydroxylamine groups is 2. The van der Waals surface area contributed by atoms with E-state index in [0.717, 1.165) is 43.3 Å². The molecule has 11 fully saturated rings. The van der Waals surface area contributed by atoms with Crippen LogP contribution in [0.25, 0.3) is 0 Å². The number of aliphatic hydroxyl groups excluding tert-OH is 1. The van der Waals surface area contributed by atoms with Gasteiger partial charge in [-0.2, -0.15) is 0 Å². The second-order valence-electron chi connectivity index (χ2n) is 33.6. The summed E-state index contributed by atoms with van der Waals surface area (Å²) in [7, 11) is 1.60. The summed E-state index contributed by atoms with van der Waals surface area (Å²) in [6.45, 7) is 18.4. The number of esters is 1. The van der Waals surface area contributed by atoms with Crippen LogP contribution in [0.3, 0.4) is 0 Å². The van der Waals surface area contributed by atoms with E-state index in [9.17, 15) is 48.3 Å². The van der Waals surface area contributed by atoms with E-state index in [1.807, 2.05) is 13.8 Å². The number of aromatic nitrogens is 3. The second-order valence-corrected chi connectivity index (χ2v) is 33.6. The zero-order chi connectivity index (χ0) is 84.1. The van der Waals surface area contributed by atoms with Crippen molar-refractivity contribution in [3.8, 4) is 0 Å². The first-order valence-corrected chi connectivity index (χ1v) is 42.8. The van der Waals surface area contributed by atoms with Gasteiger partial charge in [-0.15, -0.1) is 10.2 Å². The highest BCUT2D eigenvalue weighted by molar-refractivity contribution is 6.01. The first-order valence-electron chi connectivity index (χ1n) is 42.8. The fourth-order valence-electron chi connectivity index (χ4n) is 18.0. The minimum absolute atomic E-state index is 0.00706. The Morgan fingerprint density at radius 3 is 2.07 bits per heavy atom. The zero-order valence-corrected chi connectivity index (χ0v) is 69.2. The molecule has 13 rings (SSSR count). The molecule has 119 heavy (non-hydrogen) atoms. The summed E-state index contributed by atoms with van der Waals surface area (Å²) in [5.41, 5.74) is 9.29. The van der Waals surface area contributed by atoms with Gasteiger partial charge in [-0.3, -0.25) is 33.6 Å². The fourth-order valence-corrected chi connectivity index (χ4v) is 18.0. The van der Waals surface area contributed by atoms with Gasteiger partial charge in [-0.05, 0) is 98.3 Å². The lowest BCUT2D eigenvalue weighted by Gasteiger charge is -2.47. The van der Waals surface area contributed by atoms with Gasteiger partial charge in [0.15, 0.2) is 11.6 Å². The number of hydrogen-bond donors (Lipinski definition) is 4. The van der Waals surface area contributed by atoms with E-state index in [1.54, 1.807) is 42.3 Å². The van der Waals surface area contributed by atoms with Crippen molar-refractivity contribution in [3.05, 3.63) is 71.6 Å². The number of ketones is 3. The van der Waals surface area contributed by atoms with E-state index in [2.05, 4.69) is 41.0 Å². The molecule has 1 spiro atoms. The first kappa shape index (κ1) is 91.2. The highest BCUT2D eigenvalue weighted by atomic mass is 16.8. The van der Waals surface area contributed by atoms with Crippen molar-refractivity contribution in [1.82, 2.24) is 30.7 Å². The Bertz CT molecular complexity index is 3740. The number of benzene rings is 1. The first-order chi connectivity index (χ1) is 57.4. The predicted molar refractivity (Wildman–Crippen MR) is 418 cm³/mol. The largest absolute Gasteiger partial charge is 0.461 e. The zero-order valence-electron chi connectivity index (χ0n) is 69.2. The van der Waals surface area contributed by atoms with E-state index in [1.165, 1.54) is 0 Å². The number of nitrogens with zero attached hydrogens (tertiary/aromatic N) is 4.